The molecule has 0 aliphatic carbocycles. The van der Waals surface area contributed by atoms with E-state index in [1.807, 2.05) is 0 Å². The van der Waals surface area contributed by atoms with Crippen LogP contribution in [0, 0.1) is 0 Å². The van der Waals surface area contributed by atoms with E-state index in [2.05, 4.69) is 13.8 Å². The highest BCUT2D eigenvalue weighted by atomic mass is 28.4. The first kappa shape index (κ1) is 17.4. The molecule has 0 aromatic heterocycles. The van der Waals surface area contributed by atoms with E-state index in [0.29, 0.717) is 12.2 Å². The maximum Gasteiger partial charge on any atom is 0.338 e. The molecule has 0 bridgehead atoms. The van der Waals surface area contributed by atoms with Gasteiger partial charge in [0.05, 0.1) is 25.4 Å². The van der Waals surface area contributed by atoms with Crippen LogP contribution in [0.3, 0.4) is 0 Å². The van der Waals surface area contributed by atoms with Gasteiger partial charge in [0.25, 0.3) is 0 Å². The van der Waals surface area contributed by atoms with Crippen molar-refractivity contribution >= 4 is 8.56 Å². The molecule has 2 aliphatic heterocycles. The van der Waals surface area contributed by atoms with Gasteiger partial charge in [0.2, 0.25) is 0 Å². The molecular formula is C16H32O4Si. The quantitative estimate of drug-likeness (QED) is 0.279. The summed E-state index contributed by atoms with van der Waals surface area (Å²) in [6.45, 7) is 7.70. The van der Waals surface area contributed by atoms with Crippen molar-refractivity contribution in [2.24, 2.45) is 0 Å². The van der Waals surface area contributed by atoms with Gasteiger partial charge in [-0.1, -0.05) is 25.7 Å². The summed E-state index contributed by atoms with van der Waals surface area (Å²) in [5.41, 5.74) is 0. The Kier molecular flexibility index (Phi) is 7.67. The molecule has 2 atom stereocenters. The van der Waals surface area contributed by atoms with E-state index in [1.54, 1.807) is 0 Å². The molecule has 21 heavy (non-hydrogen) atoms. The largest absolute Gasteiger partial charge is 0.394 e. The minimum Gasteiger partial charge on any atom is -0.394 e. The van der Waals surface area contributed by atoms with Crippen molar-refractivity contribution in [3.8, 4) is 0 Å². The molecule has 2 saturated heterocycles. The molecule has 2 rings (SSSR count). The summed E-state index contributed by atoms with van der Waals surface area (Å²) < 4.78 is 22.9. The minimum absolute atomic E-state index is 0.554. The van der Waals surface area contributed by atoms with Gasteiger partial charge in [-0.05, 0) is 38.8 Å². The predicted octanol–water partition coefficient (Wildman–Crippen LogP) is 3.64. The zero-order valence-corrected chi connectivity index (χ0v) is 14.8. The van der Waals surface area contributed by atoms with E-state index in [4.69, 9.17) is 18.3 Å². The van der Waals surface area contributed by atoms with Crippen LogP contribution in [0.4, 0.5) is 0 Å². The van der Waals surface area contributed by atoms with Crippen molar-refractivity contribution in [3.05, 3.63) is 0 Å². The van der Waals surface area contributed by atoms with Gasteiger partial charge in [0.15, 0.2) is 0 Å². The lowest BCUT2D eigenvalue weighted by Gasteiger charge is -2.30. The average Bonchev–Trinajstić information content (AvgIpc) is 3.36. The lowest BCUT2D eigenvalue weighted by Crippen LogP contribution is -2.42. The van der Waals surface area contributed by atoms with Crippen molar-refractivity contribution in [2.45, 2.75) is 76.7 Å². The molecular weight excluding hydrogens is 284 g/mol. The normalized spacial score (nSPS) is 24.3. The molecule has 0 N–H and O–H groups in total. The highest BCUT2D eigenvalue weighted by Gasteiger charge is 2.36. The summed E-state index contributed by atoms with van der Waals surface area (Å²) in [5.74, 6) is 0. The summed E-state index contributed by atoms with van der Waals surface area (Å²) in [4.78, 5) is 0. The third kappa shape index (κ3) is 7.24. The summed E-state index contributed by atoms with van der Waals surface area (Å²) in [5, 5.41) is 0. The molecule has 2 fully saturated rings. The lowest BCUT2D eigenvalue weighted by molar-refractivity contribution is 0.180. The summed E-state index contributed by atoms with van der Waals surface area (Å²) in [6.07, 6.45) is 8.46. The van der Waals surface area contributed by atoms with Gasteiger partial charge in [0.1, 0.15) is 0 Å². The molecule has 4 nitrogen and oxygen atoms in total. The lowest BCUT2D eigenvalue weighted by atomic mass is 10.2. The molecule has 0 amide bonds. The van der Waals surface area contributed by atoms with Crippen molar-refractivity contribution in [1.29, 1.82) is 0 Å². The zero-order chi connectivity index (χ0) is 15.0. The second-order valence-corrected chi connectivity index (χ2v) is 9.58. The number of ether oxygens (including phenoxy) is 2. The number of hydrogen-bond acceptors (Lipinski definition) is 4. The monoisotopic (exact) mass is 316 g/mol. The maximum atomic E-state index is 6.17. The average molecular weight is 317 g/mol. The summed E-state index contributed by atoms with van der Waals surface area (Å²) in [7, 11) is -1.98. The van der Waals surface area contributed by atoms with Crippen LogP contribution < -0.4 is 0 Å². The molecule has 0 saturated carbocycles. The Morgan fingerprint density at radius 3 is 1.57 bits per heavy atom. The fraction of sp³-hybridized carbons (Fsp3) is 1.00. The standard InChI is InChI=1S/C16H32O4Si/c1-3-19-21(20-4-2,11-7-5-9-15-13-17-15)12-8-6-10-16-14-18-16/h15-16H,3-14H2,1-2H3. The molecule has 2 unspecified atom stereocenters. The van der Waals surface area contributed by atoms with E-state index in [1.165, 1.54) is 38.5 Å². The Balaban J connectivity index is 1.68. The van der Waals surface area contributed by atoms with Crippen LogP contribution in [0.1, 0.15) is 52.4 Å². The first-order chi connectivity index (χ1) is 10.3. The van der Waals surface area contributed by atoms with E-state index < -0.39 is 8.56 Å². The zero-order valence-electron chi connectivity index (χ0n) is 13.8. The highest BCUT2D eigenvalue weighted by Crippen LogP contribution is 2.28. The fourth-order valence-corrected chi connectivity index (χ4v) is 6.52. The number of rotatable bonds is 14. The third-order valence-electron chi connectivity index (χ3n) is 4.29. The Morgan fingerprint density at radius 2 is 1.24 bits per heavy atom. The van der Waals surface area contributed by atoms with Crippen LogP contribution in [0.2, 0.25) is 12.1 Å². The van der Waals surface area contributed by atoms with E-state index >= 15 is 0 Å². The third-order valence-corrected chi connectivity index (χ3v) is 8.15. The van der Waals surface area contributed by atoms with Gasteiger partial charge in [0, 0.05) is 13.2 Å². The summed E-state index contributed by atoms with van der Waals surface area (Å²) >= 11 is 0. The SMILES string of the molecule is CCO[Si](CCCCC1CO1)(CCCCC1CO1)OCC. The molecule has 0 aromatic rings. The molecule has 124 valence electrons. The van der Waals surface area contributed by atoms with Gasteiger partial charge < -0.3 is 18.3 Å². The van der Waals surface area contributed by atoms with Crippen LogP contribution in [0.25, 0.3) is 0 Å². The highest BCUT2D eigenvalue weighted by molar-refractivity contribution is 6.67. The van der Waals surface area contributed by atoms with Crippen LogP contribution in [0.5, 0.6) is 0 Å². The van der Waals surface area contributed by atoms with E-state index in [-0.39, 0.29) is 0 Å². The number of unbranched alkanes of at least 4 members (excludes halogenated alkanes) is 2. The molecule has 0 spiro atoms. The Hall–Kier alpha value is 0.0569. The number of epoxide rings is 2. The Morgan fingerprint density at radius 1 is 0.810 bits per heavy atom. The molecule has 2 heterocycles. The smallest absolute Gasteiger partial charge is 0.338 e. The van der Waals surface area contributed by atoms with Gasteiger partial charge in [-0.2, -0.15) is 0 Å². The van der Waals surface area contributed by atoms with Crippen LogP contribution in [-0.4, -0.2) is 47.2 Å². The van der Waals surface area contributed by atoms with Gasteiger partial charge in [-0.3, -0.25) is 0 Å². The van der Waals surface area contributed by atoms with Crippen LogP contribution in [-0.2, 0) is 18.3 Å². The van der Waals surface area contributed by atoms with E-state index in [9.17, 15) is 0 Å². The Bertz CT molecular complexity index is 251. The van der Waals surface area contributed by atoms with Crippen molar-refractivity contribution in [3.63, 3.8) is 0 Å². The molecule has 5 heteroatoms. The van der Waals surface area contributed by atoms with E-state index in [0.717, 1.165) is 38.5 Å². The van der Waals surface area contributed by atoms with Gasteiger partial charge >= 0.3 is 8.56 Å². The maximum absolute atomic E-state index is 6.17. The topological polar surface area (TPSA) is 43.5 Å². The summed E-state index contributed by atoms with van der Waals surface area (Å²) in [6, 6.07) is 2.28. The first-order valence-corrected chi connectivity index (χ1v) is 11.0. The Labute approximate surface area is 130 Å². The van der Waals surface area contributed by atoms with Gasteiger partial charge in [-0.15, -0.1) is 0 Å². The fourth-order valence-electron chi connectivity index (χ4n) is 2.98. The molecule has 0 radical (unpaired) electrons. The number of hydrogen-bond donors (Lipinski definition) is 0. The second kappa shape index (κ2) is 9.25. The van der Waals surface area contributed by atoms with Crippen molar-refractivity contribution in [2.75, 3.05) is 26.4 Å². The van der Waals surface area contributed by atoms with Crippen LogP contribution in [0.15, 0.2) is 0 Å². The van der Waals surface area contributed by atoms with Crippen molar-refractivity contribution in [1.82, 2.24) is 0 Å². The van der Waals surface area contributed by atoms with Crippen molar-refractivity contribution < 1.29 is 18.3 Å². The minimum atomic E-state index is -1.98. The molecule has 2 aliphatic rings. The van der Waals surface area contributed by atoms with Gasteiger partial charge in [-0.25, -0.2) is 0 Å². The van der Waals surface area contributed by atoms with Crippen LogP contribution >= 0.6 is 0 Å². The predicted molar refractivity (Wildman–Crippen MR) is 85.8 cm³/mol. The first-order valence-electron chi connectivity index (χ1n) is 8.79. The molecule has 0 aromatic carbocycles. The second-order valence-electron chi connectivity index (χ2n) is 6.18.